The molecule has 21 heavy (non-hydrogen) atoms. The highest BCUT2D eigenvalue weighted by Crippen LogP contribution is 2.24. The zero-order valence-electron chi connectivity index (χ0n) is 12.7. The highest BCUT2D eigenvalue weighted by molar-refractivity contribution is 14.1. The second kappa shape index (κ2) is 9.63. The highest BCUT2D eigenvalue weighted by Gasteiger charge is 2.35. The van der Waals surface area contributed by atoms with E-state index in [0.717, 1.165) is 4.43 Å². The molecule has 0 aliphatic heterocycles. The van der Waals surface area contributed by atoms with Crippen LogP contribution in [0, 0.1) is 16.0 Å². The zero-order valence-corrected chi connectivity index (χ0v) is 14.9. The summed E-state index contributed by atoms with van der Waals surface area (Å²) in [6.07, 6.45) is 1.44. The molecule has 0 N–H and O–H groups in total. The molecule has 0 bridgehead atoms. The van der Waals surface area contributed by atoms with E-state index in [1.54, 1.807) is 20.8 Å². The second-order valence-corrected chi connectivity index (χ2v) is 6.05. The molecular formula is C15H21IN2O3. The van der Waals surface area contributed by atoms with E-state index in [4.69, 9.17) is 0 Å². The van der Waals surface area contributed by atoms with E-state index in [1.165, 1.54) is 18.6 Å². The van der Waals surface area contributed by atoms with Gasteiger partial charge in [-0.3, -0.25) is 10.1 Å². The van der Waals surface area contributed by atoms with Crippen molar-refractivity contribution in [2.45, 2.75) is 43.7 Å². The average Bonchev–Trinajstić information content (AvgIpc) is 2.47. The van der Waals surface area contributed by atoms with E-state index in [1.807, 2.05) is 6.07 Å². The lowest BCUT2D eigenvalue weighted by Crippen LogP contribution is -2.38. The second-order valence-electron chi connectivity index (χ2n) is 5.29. The zero-order chi connectivity index (χ0) is 16.5. The Morgan fingerprint density at radius 3 is 2.19 bits per heavy atom. The molecule has 1 aromatic rings. The van der Waals surface area contributed by atoms with E-state index < -0.39 is 11.6 Å². The quantitative estimate of drug-likeness (QED) is 0.186. The number of carbonyl (C=O) groups excluding carboxylic acids is 1. The number of nitrogens with zero attached hydrogens (tertiary/aromatic N) is 2. The van der Waals surface area contributed by atoms with Gasteiger partial charge < -0.3 is 0 Å². The number of hydrogen-bond donors (Lipinski definition) is 0. The van der Waals surface area contributed by atoms with Crippen molar-refractivity contribution in [3.8, 4) is 0 Å². The molecular weight excluding hydrogens is 383 g/mol. The van der Waals surface area contributed by atoms with Crippen LogP contribution in [0.5, 0.6) is 0 Å². The minimum atomic E-state index is -0.728. The molecule has 0 fully saturated rings. The number of rotatable bonds is 5. The van der Waals surface area contributed by atoms with Crippen LogP contribution in [0.4, 0.5) is 0 Å². The third kappa shape index (κ3) is 7.34. The number of halogens is 1. The number of benzene rings is 1. The summed E-state index contributed by atoms with van der Waals surface area (Å²) in [4.78, 5) is 23.7. The fourth-order valence-electron chi connectivity index (χ4n) is 1.56. The smallest absolute Gasteiger partial charge is 0.235 e. The summed E-state index contributed by atoms with van der Waals surface area (Å²) in [5.74, 6) is -0.302. The van der Waals surface area contributed by atoms with E-state index in [0.29, 0.717) is 0 Å². The first-order valence-corrected chi connectivity index (χ1v) is 8.11. The Kier molecular flexibility index (Phi) is 9.05. The van der Waals surface area contributed by atoms with Gasteiger partial charge in [0, 0.05) is 22.2 Å². The Bertz CT molecular complexity index is 485. The molecule has 2 unspecified atom stereocenters. The predicted molar refractivity (Wildman–Crippen MR) is 92.0 cm³/mol. The molecule has 0 amide bonds. The van der Waals surface area contributed by atoms with E-state index in [2.05, 4.69) is 51.8 Å². The Hall–Kier alpha value is -1.27. The number of isocyanates is 1. The molecule has 0 aromatic heterocycles. The van der Waals surface area contributed by atoms with Crippen molar-refractivity contribution in [3.63, 3.8) is 0 Å². The fraction of sp³-hybridized carbons (Fsp3) is 0.533. The van der Waals surface area contributed by atoms with Gasteiger partial charge in [-0.05, 0) is 19.4 Å². The van der Waals surface area contributed by atoms with Gasteiger partial charge in [-0.2, -0.15) is 4.99 Å². The van der Waals surface area contributed by atoms with Crippen LogP contribution in [0.1, 0.15) is 33.3 Å². The monoisotopic (exact) mass is 404 g/mol. The molecule has 5 nitrogen and oxygen atoms in total. The first-order valence-electron chi connectivity index (χ1n) is 6.58. The molecule has 0 aliphatic rings. The lowest BCUT2D eigenvalue weighted by molar-refractivity contribution is -0.528. The van der Waals surface area contributed by atoms with Gasteiger partial charge in [0.2, 0.25) is 12.1 Å². The summed E-state index contributed by atoms with van der Waals surface area (Å²) in [5, 5.41) is 10.5. The molecule has 0 heterocycles. The number of aliphatic imine (C=N–C) groups is 1. The molecule has 0 radical (unpaired) electrons. The van der Waals surface area contributed by atoms with Gasteiger partial charge in [0.25, 0.3) is 0 Å². The fourth-order valence-corrected chi connectivity index (χ4v) is 2.07. The summed E-state index contributed by atoms with van der Waals surface area (Å²) in [5.41, 5.74) is 0.668. The first-order chi connectivity index (χ1) is 9.76. The molecule has 0 saturated heterocycles. The lowest BCUT2D eigenvalue weighted by Gasteiger charge is -2.26. The highest BCUT2D eigenvalue weighted by atomic mass is 127. The maximum Gasteiger partial charge on any atom is 0.235 e. The van der Waals surface area contributed by atoms with Gasteiger partial charge in [0.15, 0.2) is 0 Å². The third-order valence-electron chi connectivity index (χ3n) is 3.50. The Morgan fingerprint density at radius 2 is 1.86 bits per heavy atom. The van der Waals surface area contributed by atoms with E-state index >= 15 is 0 Å². The molecule has 1 aromatic carbocycles. The van der Waals surface area contributed by atoms with Crippen LogP contribution in [-0.4, -0.2) is 22.6 Å². The van der Waals surface area contributed by atoms with Crippen LogP contribution in [0.25, 0.3) is 0 Å². The maximum absolute atomic E-state index is 10.5. The molecule has 0 saturated carbocycles. The minimum Gasteiger partial charge on any atom is -0.264 e. The largest absolute Gasteiger partial charge is 0.264 e. The van der Waals surface area contributed by atoms with Crippen LogP contribution in [-0.2, 0) is 9.22 Å². The van der Waals surface area contributed by atoms with Crippen LogP contribution >= 0.6 is 22.6 Å². The number of nitro groups is 1. The predicted octanol–water partition coefficient (Wildman–Crippen LogP) is 4.02. The standard InChI is InChI=1S/C8H14N2O3.C7H7I/c1-6(7(2)10(12)13)8(3,4)9-5-11;8-6-7-4-2-1-3-5-7/h6-7H,1-4H3;1-5H,6H2. The summed E-state index contributed by atoms with van der Waals surface area (Å²) in [6.45, 7) is 6.58. The van der Waals surface area contributed by atoms with Gasteiger partial charge in [0.1, 0.15) is 0 Å². The lowest BCUT2D eigenvalue weighted by atomic mass is 9.85. The van der Waals surface area contributed by atoms with Crippen LogP contribution in [0.15, 0.2) is 35.3 Å². The molecule has 116 valence electrons. The first kappa shape index (κ1) is 19.7. The molecule has 0 spiro atoms. The van der Waals surface area contributed by atoms with Crippen molar-refractivity contribution < 1.29 is 9.72 Å². The van der Waals surface area contributed by atoms with Gasteiger partial charge in [0.05, 0.1) is 5.54 Å². The van der Waals surface area contributed by atoms with Crippen LogP contribution in [0.2, 0.25) is 0 Å². The van der Waals surface area contributed by atoms with Crippen molar-refractivity contribution in [2.24, 2.45) is 10.9 Å². The molecule has 2 atom stereocenters. The summed E-state index contributed by atoms with van der Waals surface area (Å²) in [7, 11) is 0. The summed E-state index contributed by atoms with van der Waals surface area (Å²) < 4.78 is 1.11. The van der Waals surface area contributed by atoms with Crippen molar-refractivity contribution in [1.82, 2.24) is 0 Å². The average molecular weight is 404 g/mol. The maximum atomic E-state index is 10.5. The Labute approximate surface area is 139 Å². The van der Waals surface area contributed by atoms with Crippen LogP contribution < -0.4 is 0 Å². The summed E-state index contributed by atoms with van der Waals surface area (Å²) >= 11 is 2.35. The normalized spacial score (nSPS) is 13.2. The van der Waals surface area contributed by atoms with Crippen molar-refractivity contribution >= 4 is 28.7 Å². The molecule has 6 heteroatoms. The molecule has 0 aliphatic carbocycles. The Balaban J connectivity index is 0.000000423. The van der Waals surface area contributed by atoms with Crippen molar-refractivity contribution in [2.75, 3.05) is 0 Å². The van der Waals surface area contributed by atoms with E-state index in [-0.39, 0.29) is 10.8 Å². The van der Waals surface area contributed by atoms with Gasteiger partial charge in [-0.1, -0.05) is 59.8 Å². The SMILES string of the molecule is CC(C(C)C(C)(C)N=C=O)[N+](=O)[O-].ICc1ccccc1. The van der Waals surface area contributed by atoms with Crippen molar-refractivity contribution in [3.05, 3.63) is 46.0 Å². The van der Waals surface area contributed by atoms with Gasteiger partial charge in [-0.25, -0.2) is 4.79 Å². The third-order valence-corrected chi connectivity index (χ3v) is 4.38. The van der Waals surface area contributed by atoms with E-state index in [9.17, 15) is 14.9 Å². The Morgan fingerprint density at radius 1 is 1.33 bits per heavy atom. The number of alkyl halides is 1. The van der Waals surface area contributed by atoms with Crippen LogP contribution in [0.3, 0.4) is 0 Å². The summed E-state index contributed by atoms with van der Waals surface area (Å²) in [6, 6.07) is 9.71. The minimum absolute atomic E-state index is 0.302. The van der Waals surface area contributed by atoms with Gasteiger partial charge >= 0.3 is 0 Å². The van der Waals surface area contributed by atoms with Gasteiger partial charge in [-0.15, -0.1) is 0 Å². The van der Waals surface area contributed by atoms with Crippen molar-refractivity contribution in [1.29, 1.82) is 0 Å². The number of hydrogen-bond acceptors (Lipinski definition) is 4. The molecule has 1 rings (SSSR count). The topological polar surface area (TPSA) is 72.6 Å².